The average Bonchev–Trinajstić information content (AvgIpc) is 2.99. The van der Waals surface area contributed by atoms with Crippen molar-refractivity contribution >= 4 is 25.2 Å². The van der Waals surface area contributed by atoms with E-state index in [1.165, 1.54) is 21.9 Å². The SMILES string of the molecule is CCOC(=O)C1(C(=O)OCC)Cc2cc(CC)c(CC)c([Si](C)(C)C)c2C1. The van der Waals surface area contributed by atoms with Crippen molar-refractivity contribution in [2.75, 3.05) is 13.2 Å². The van der Waals surface area contributed by atoms with Gasteiger partial charge in [-0.25, -0.2) is 0 Å². The van der Waals surface area contributed by atoms with Crippen molar-refractivity contribution in [2.24, 2.45) is 5.41 Å². The van der Waals surface area contributed by atoms with Crippen molar-refractivity contribution in [2.45, 2.75) is 73.0 Å². The van der Waals surface area contributed by atoms with E-state index < -0.39 is 25.4 Å². The number of fused-ring (bicyclic) bond motifs is 1. The molecule has 0 heterocycles. The molecular weight excluding hydrogens is 356 g/mol. The van der Waals surface area contributed by atoms with Crippen LogP contribution in [-0.2, 0) is 44.7 Å². The van der Waals surface area contributed by atoms with Crippen molar-refractivity contribution < 1.29 is 19.1 Å². The molecule has 27 heavy (non-hydrogen) atoms. The van der Waals surface area contributed by atoms with Gasteiger partial charge in [0, 0.05) is 0 Å². The largest absolute Gasteiger partial charge is 0.465 e. The molecule has 150 valence electrons. The summed E-state index contributed by atoms with van der Waals surface area (Å²) in [6.07, 6.45) is 2.71. The molecule has 1 aromatic carbocycles. The monoisotopic (exact) mass is 390 g/mol. The van der Waals surface area contributed by atoms with Gasteiger partial charge in [-0.15, -0.1) is 0 Å². The zero-order valence-electron chi connectivity index (χ0n) is 18.0. The van der Waals surface area contributed by atoms with Gasteiger partial charge in [0.15, 0.2) is 5.41 Å². The fourth-order valence-corrected chi connectivity index (χ4v) is 6.87. The van der Waals surface area contributed by atoms with Gasteiger partial charge in [-0.2, -0.15) is 0 Å². The summed E-state index contributed by atoms with van der Waals surface area (Å²) >= 11 is 0. The number of hydrogen-bond donors (Lipinski definition) is 0. The molecule has 1 aromatic rings. The van der Waals surface area contributed by atoms with Crippen molar-refractivity contribution in [1.29, 1.82) is 0 Å². The summed E-state index contributed by atoms with van der Waals surface area (Å²) in [6, 6.07) is 2.22. The van der Waals surface area contributed by atoms with E-state index in [1.807, 2.05) is 0 Å². The average molecular weight is 391 g/mol. The number of carbonyl (C=O) groups is 2. The zero-order valence-corrected chi connectivity index (χ0v) is 19.0. The van der Waals surface area contributed by atoms with Crippen LogP contribution in [0.15, 0.2) is 6.07 Å². The van der Waals surface area contributed by atoms with Crippen molar-refractivity contribution in [3.05, 3.63) is 28.3 Å². The maximum absolute atomic E-state index is 12.9. The lowest BCUT2D eigenvalue weighted by Gasteiger charge is -2.28. The minimum Gasteiger partial charge on any atom is -0.465 e. The smallest absolute Gasteiger partial charge is 0.324 e. The molecule has 0 aromatic heterocycles. The molecule has 0 unspecified atom stereocenters. The Morgan fingerprint density at radius 2 is 1.52 bits per heavy atom. The lowest BCUT2D eigenvalue weighted by atomic mass is 9.84. The Kier molecular flexibility index (Phi) is 6.56. The van der Waals surface area contributed by atoms with Gasteiger partial charge in [-0.1, -0.05) is 44.7 Å². The maximum atomic E-state index is 12.9. The Morgan fingerprint density at radius 3 is 1.93 bits per heavy atom. The molecule has 5 heteroatoms. The van der Waals surface area contributed by atoms with Crippen LogP contribution in [0, 0.1) is 5.41 Å². The van der Waals surface area contributed by atoms with E-state index in [0.29, 0.717) is 12.8 Å². The van der Waals surface area contributed by atoms with Gasteiger partial charge in [0.25, 0.3) is 0 Å². The summed E-state index contributed by atoms with van der Waals surface area (Å²) in [5.74, 6) is -0.894. The second-order valence-corrected chi connectivity index (χ2v) is 13.4. The number of hydrogen-bond acceptors (Lipinski definition) is 4. The second-order valence-electron chi connectivity index (χ2n) is 8.36. The molecule has 1 aliphatic rings. The minimum absolute atomic E-state index is 0.262. The Bertz CT molecular complexity index is 713. The van der Waals surface area contributed by atoms with Crippen LogP contribution < -0.4 is 5.19 Å². The highest BCUT2D eigenvalue weighted by atomic mass is 28.3. The number of benzene rings is 1. The van der Waals surface area contributed by atoms with E-state index in [2.05, 4.69) is 39.6 Å². The molecule has 0 saturated carbocycles. The summed E-state index contributed by atoms with van der Waals surface area (Å²) in [5.41, 5.74) is 3.85. The lowest BCUT2D eigenvalue weighted by Crippen LogP contribution is -2.46. The van der Waals surface area contributed by atoms with Crippen LogP contribution in [0.3, 0.4) is 0 Å². The van der Waals surface area contributed by atoms with E-state index >= 15 is 0 Å². The number of aryl methyl sites for hydroxylation is 1. The van der Waals surface area contributed by atoms with Crippen LogP contribution in [0.1, 0.15) is 49.9 Å². The third-order valence-corrected chi connectivity index (χ3v) is 7.62. The van der Waals surface area contributed by atoms with E-state index in [1.54, 1.807) is 13.8 Å². The van der Waals surface area contributed by atoms with E-state index in [9.17, 15) is 9.59 Å². The van der Waals surface area contributed by atoms with Crippen LogP contribution in [0.4, 0.5) is 0 Å². The molecule has 0 saturated heterocycles. The van der Waals surface area contributed by atoms with E-state index in [-0.39, 0.29) is 13.2 Å². The Hall–Kier alpha value is -1.62. The van der Waals surface area contributed by atoms with Crippen molar-refractivity contribution in [3.8, 4) is 0 Å². The third-order valence-electron chi connectivity index (χ3n) is 5.51. The number of ether oxygens (including phenoxy) is 2. The third kappa shape index (κ3) is 3.84. The van der Waals surface area contributed by atoms with Gasteiger partial charge in [0.2, 0.25) is 0 Å². The van der Waals surface area contributed by atoms with E-state index in [4.69, 9.17) is 9.47 Å². The standard InChI is InChI=1S/C22H34O4Si/c1-8-15-12-16-13-22(20(23)25-10-3,21(24)26-11-4)14-18(16)19(17(15)9-2)27(5,6)7/h12H,8-11,13-14H2,1-7H3. The Morgan fingerprint density at radius 1 is 0.963 bits per heavy atom. The second kappa shape index (κ2) is 8.17. The molecule has 0 aliphatic heterocycles. The first kappa shape index (κ1) is 21.7. The van der Waals surface area contributed by atoms with Crippen LogP contribution in [-0.4, -0.2) is 33.2 Å². The Labute approximate surface area is 164 Å². The van der Waals surface area contributed by atoms with E-state index in [0.717, 1.165) is 18.4 Å². The number of rotatable bonds is 7. The number of esters is 2. The van der Waals surface area contributed by atoms with Crippen LogP contribution in [0.5, 0.6) is 0 Å². The normalized spacial score (nSPS) is 15.4. The zero-order chi connectivity index (χ0) is 20.4. The molecule has 0 fully saturated rings. The van der Waals surface area contributed by atoms with Crippen LogP contribution in [0.25, 0.3) is 0 Å². The predicted molar refractivity (Wildman–Crippen MR) is 111 cm³/mol. The van der Waals surface area contributed by atoms with Crippen LogP contribution in [0.2, 0.25) is 19.6 Å². The quantitative estimate of drug-likeness (QED) is 0.406. The van der Waals surface area contributed by atoms with Gasteiger partial charge < -0.3 is 9.47 Å². The molecule has 0 radical (unpaired) electrons. The molecule has 4 nitrogen and oxygen atoms in total. The van der Waals surface area contributed by atoms with Gasteiger partial charge >= 0.3 is 11.9 Å². The first-order valence-corrected chi connectivity index (χ1v) is 13.7. The minimum atomic E-state index is -1.68. The molecular formula is C22H34O4Si. The molecule has 0 N–H and O–H groups in total. The predicted octanol–water partition coefficient (Wildman–Crippen LogP) is 3.57. The molecule has 0 amide bonds. The molecule has 1 aliphatic carbocycles. The molecule has 0 spiro atoms. The van der Waals surface area contributed by atoms with Gasteiger partial charge in [0.05, 0.1) is 21.3 Å². The summed E-state index contributed by atoms with van der Waals surface area (Å²) in [7, 11) is -1.68. The van der Waals surface area contributed by atoms with Crippen molar-refractivity contribution in [3.63, 3.8) is 0 Å². The molecule has 0 bridgehead atoms. The first-order chi connectivity index (χ1) is 12.7. The first-order valence-electron chi connectivity index (χ1n) is 10.2. The topological polar surface area (TPSA) is 52.6 Å². The molecule has 0 atom stereocenters. The summed E-state index contributed by atoms with van der Waals surface area (Å²) in [4.78, 5) is 25.8. The lowest BCUT2D eigenvalue weighted by molar-refractivity contribution is -0.171. The summed E-state index contributed by atoms with van der Waals surface area (Å²) in [6.45, 7) is 15.5. The highest BCUT2D eigenvalue weighted by Gasteiger charge is 2.54. The Balaban J connectivity index is 2.70. The highest BCUT2D eigenvalue weighted by molar-refractivity contribution is 6.89. The fourth-order valence-electron chi connectivity index (χ4n) is 4.47. The maximum Gasteiger partial charge on any atom is 0.324 e. The van der Waals surface area contributed by atoms with Gasteiger partial charge in [-0.05, 0) is 61.8 Å². The number of carbonyl (C=O) groups excluding carboxylic acids is 2. The van der Waals surface area contributed by atoms with Crippen LogP contribution >= 0.6 is 0 Å². The van der Waals surface area contributed by atoms with Gasteiger partial charge in [0.1, 0.15) is 0 Å². The molecule has 2 rings (SSSR count). The summed E-state index contributed by atoms with van der Waals surface area (Å²) in [5, 5.41) is 1.43. The van der Waals surface area contributed by atoms with Crippen molar-refractivity contribution in [1.82, 2.24) is 0 Å². The summed E-state index contributed by atoms with van der Waals surface area (Å²) < 4.78 is 10.7. The highest BCUT2D eigenvalue weighted by Crippen LogP contribution is 2.41. The van der Waals surface area contributed by atoms with Gasteiger partial charge in [-0.3, -0.25) is 9.59 Å². The fraction of sp³-hybridized carbons (Fsp3) is 0.636.